The van der Waals surface area contributed by atoms with E-state index in [4.69, 9.17) is 16.7 Å². The summed E-state index contributed by atoms with van der Waals surface area (Å²) < 4.78 is 0. The van der Waals surface area contributed by atoms with Crippen LogP contribution in [-0.2, 0) is 4.79 Å². The molecule has 1 saturated heterocycles. The molecule has 1 aromatic heterocycles. The summed E-state index contributed by atoms with van der Waals surface area (Å²) in [5, 5.41) is 9.76. The molecule has 8 heteroatoms. The highest BCUT2D eigenvalue weighted by Gasteiger charge is 2.33. The zero-order valence-electron chi connectivity index (χ0n) is 11.7. The van der Waals surface area contributed by atoms with Crippen LogP contribution in [0.3, 0.4) is 0 Å². The van der Waals surface area contributed by atoms with Crippen LogP contribution in [0, 0.1) is 5.92 Å². The van der Waals surface area contributed by atoms with Gasteiger partial charge in [0.05, 0.1) is 17.1 Å². The Hall–Kier alpha value is -1.34. The Morgan fingerprint density at radius 1 is 1.52 bits per heavy atom. The minimum Gasteiger partial charge on any atom is -0.481 e. The maximum absolute atomic E-state index is 12.6. The Bertz CT molecular complexity index is 570. The number of carboxylic acids is 1. The number of halogens is 1. The average Bonchev–Trinajstić information content (AvgIpc) is 2.47. The lowest BCUT2D eigenvalue weighted by Gasteiger charge is -2.36. The molecule has 1 aromatic rings. The number of likely N-dealkylation sites (tertiary alicyclic amines) is 1. The van der Waals surface area contributed by atoms with E-state index in [-0.39, 0.29) is 22.7 Å². The zero-order valence-corrected chi connectivity index (χ0v) is 13.3. The largest absolute Gasteiger partial charge is 0.481 e. The predicted molar refractivity (Wildman–Crippen MR) is 79.7 cm³/mol. The molecule has 0 radical (unpaired) electrons. The van der Waals surface area contributed by atoms with Crippen molar-refractivity contribution in [2.75, 3.05) is 12.8 Å². The molecule has 2 rings (SSSR count). The fourth-order valence-corrected chi connectivity index (χ4v) is 2.95. The maximum Gasteiger partial charge on any atom is 0.306 e. The summed E-state index contributed by atoms with van der Waals surface area (Å²) >= 11 is 7.35. The molecular formula is C13H16ClN3O3S. The van der Waals surface area contributed by atoms with Crippen LogP contribution in [0.4, 0.5) is 0 Å². The number of aromatic nitrogens is 2. The van der Waals surface area contributed by atoms with Crippen LogP contribution in [0.5, 0.6) is 0 Å². The normalized spacial score (nSPS) is 22.1. The van der Waals surface area contributed by atoms with Crippen molar-refractivity contribution in [3.8, 4) is 0 Å². The van der Waals surface area contributed by atoms with Crippen molar-refractivity contribution in [1.82, 2.24) is 14.9 Å². The topological polar surface area (TPSA) is 83.4 Å². The molecular weight excluding hydrogens is 314 g/mol. The van der Waals surface area contributed by atoms with Gasteiger partial charge in [0.1, 0.15) is 0 Å². The molecule has 6 nitrogen and oxygen atoms in total. The van der Waals surface area contributed by atoms with E-state index in [9.17, 15) is 9.59 Å². The molecule has 1 aliphatic rings. The number of carbonyl (C=O) groups is 2. The highest BCUT2D eigenvalue weighted by atomic mass is 35.5. The van der Waals surface area contributed by atoms with Crippen molar-refractivity contribution >= 4 is 35.2 Å². The Labute approximate surface area is 131 Å². The summed E-state index contributed by atoms with van der Waals surface area (Å²) in [7, 11) is 0. The van der Waals surface area contributed by atoms with Gasteiger partial charge < -0.3 is 10.0 Å². The Balaban J connectivity index is 2.19. The van der Waals surface area contributed by atoms with Gasteiger partial charge in [0.15, 0.2) is 10.9 Å². The number of rotatable bonds is 3. The zero-order chi connectivity index (χ0) is 15.6. The summed E-state index contributed by atoms with van der Waals surface area (Å²) in [4.78, 5) is 33.4. The van der Waals surface area contributed by atoms with Gasteiger partial charge in [0.25, 0.3) is 5.91 Å². The average molecular weight is 330 g/mol. The van der Waals surface area contributed by atoms with Crippen LogP contribution < -0.4 is 0 Å². The Morgan fingerprint density at radius 2 is 2.24 bits per heavy atom. The number of amides is 1. The van der Waals surface area contributed by atoms with Crippen molar-refractivity contribution < 1.29 is 14.7 Å². The van der Waals surface area contributed by atoms with Crippen LogP contribution in [0.15, 0.2) is 11.4 Å². The van der Waals surface area contributed by atoms with Crippen LogP contribution in [0.2, 0.25) is 5.02 Å². The smallest absolute Gasteiger partial charge is 0.306 e. The summed E-state index contributed by atoms with van der Waals surface area (Å²) in [6, 6.07) is -0.156. The highest BCUT2D eigenvalue weighted by Crippen LogP contribution is 2.26. The SMILES string of the molecule is CSc1ncc(Cl)c(C(=O)N2CCC(C(=O)O)CC2C)n1. The van der Waals surface area contributed by atoms with Gasteiger partial charge in [-0.3, -0.25) is 9.59 Å². The van der Waals surface area contributed by atoms with Crippen molar-refractivity contribution in [3.63, 3.8) is 0 Å². The molecule has 1 amide bonds. The molecule has 114 valence electrons. The highest BCUT2D eigenvalue weighted by molar-refractivity contribution is 7.98. The first-order valence-electron chi connectivity index (χ1n) is 6.54. The maximum atomic E-state index is 12.6. The number of hydrogen-bond donors (Lipinski definition) is 1. The summed E-state index contributed by atoms with van der Waals surface area (Å²) in [5.74, 6) is -1.47. The van der Waals surface area contributed by atoms with E-state index in [0.717, 1.165) is 0 Å². The Kier molecular flexibility index (Phi) is 5.05. The van der Waals surface area contributed by atoms with Crippen LogP contribution >= 0.6 is 23.4 Å². The van der Waals surface area contributed by atoms with Gasteiger partial charge in [0, 0.05) is 12.6 Å². The second-order valence-corrected chi connectivity index (χ2v) is 6.14. The minimum absolute atomic E-state index is 0.156. The molecule has 21 heavy (non-hydrogen) atoms. The monoisotopic (exact) mass is 329 g/mol. The number of thioether (sulfide) groups is 1. The summed E-state index contributed by atoms with van der Waals surface area (Å²) in [6.45, 7) is 2.24. The quantitative estimate of drug-likeness (QED) is 0.676. The first kappa shape index (κ1) is 16.0. The lowest BCUT2D eigenvalue weighted by atomic mass is 9.91. The second kappa shape index (κ2) is 6.62. The molecule has 2 heterocycles. The predicted octanol–water partition coefficient (Wildman–Crippen LogP) is 2.18. The van der Waals surface area contributed by atoms with E-state index >= 15 is 0 Å². The number of carboxylic acid groups (broad SMARTS) is 1. The molecule has 2 unspecified atom stereocenters. The van der Waals surface area contributed by atoms with Gasteiger partial charge in [-0.2, -0.15) is 0 Å². The van der Waals surface area contributed by atoms with Gasteiger partial charge in [-0.05, 0) is 26.0 Å². The van der Waals surface area contributed by atoms with Gasteiger partial charge in [-0.1, -0.05) is 23.4 Å². The van der Waals surface area contributed by atoms with E-state index in [2.05, 4.69) is 9.97 Å². The third-order valence-electron chi connectivity index (χ3n) is 3.59. The third kappa shape index (κ3) is 3.47. The molecule has 0 aromatic carbocycles. The number of hydrogen-bond acceptors (Lipinski definition) is 5. The van der Waals surface area contributed by atoms with Gasteiger partial charge in [-0.25, -0.2) is 9.97 Å². The van der Waals surface area contributed by atoms with Crippen molar-refractivity contribution in [1.29, 1.82) is 0 Å². The molecule has 0 aliphatic carbocycles. The number of aliphatic carboxylic acids is 1. The first-order valence-corrected chi connectivity index (χ1v) is 8.14. The molecule has 0 spiro atoms. The molecule has 1 aliphatic heterocycles. The molecule has 0 saturated carbocycles. The fourth-order valence-electron chi connectivity index (χ4n) is 2.43. The lowest BCUT2D eigenvalue weighted by Crippen LogP contribution is -2.46. The number of carbonyl (C=O) groups excluding carboxylic acids is 1. The van der Waals surface area contributed by atoms with Gasteiger partial charge in [0.2, 0.25) is 0 Å². The lowest BCUT2D eigenvalue weighted by molar-refractivity contribution is -0.143. The Morgan fingerprint density at radius 3 is 2.81 bits per heavy atom. The molecule has 1 fully saturated rings. The van der Waals surface area contributed by atoms with E-state index in [1.165, 1.54) is 18.0 Å². The first-order chi connectivity index (χ1) is 9.93. The molecule has 2 atom stereocenters. The van der Waals surface area contributed by atoms with Gasteiger partial charge >= 0.3 is 5.97 Å². The van der Waals surface area contributed by atoms with Crippen molar-refractivity contribution in [2.24, 2.45) is 5.92 Å². The van der Waals surface area contributed by atoms with Gasteiger partial charge in [-0.15, -0.1) is 0 Å². The van der Waals surface area contributed by atoms with E-state index in [1.807, 2.05) is 13.2 Å². The van der Waals surface area contributed by atoms with E-state index in [1.54, 1.807) is 4.90 Å². The third-order valence-corrected chi connectivity index (χ3v) is 4.43. The van der Waals surface area contributed by atoms with Crippen LogP contribution in [-0.4, -0.2) is 50.7 Å². The molecule has 0 bridgehead atoms. The van der Waals surface area contributed by atoms with E-state index in [0.29, 0.717) is 24.5 Å². The minimum atomic E-state index is -0.807. The van der Waals surface area contributed by atoms with Crippen molar-refractivity contribution in [2.45, 2.75) is 31.0 Å². The summed E-state index contributed by atoms with van der Waals surface area (Å²) in [6.07, 6.45) is 4.13. The fraction of sp³-hybridized carbons (Fsp3) is 0.538. The van der Waals surface area contributed by atoms with E-state index < -0.39 is 11.9 Å². The summed E-state index contributed by atoms with van der Waals surface area (Å²) in [5.41, 5.74) is 0.177. The second-order valence-electron chi connectivity index (χ2n) is 4.96. The number of piperidine rings is 1. The van der Waals surface area contributed by atoms with Crippen LogP contribution in [0.25, 0.3) is 0 Å². The standard InChI is InChI=1S/C13H16ClN3O3S/c1-7-5-8(12(19)20)3-4-17(7)11(18)10-9(14)6-15-13(16-10)21-2/h6-8H,3-5H2,1-2H3,(H,19,20). The molecule has 1 N–H and O–H groups in total. The van der Waals surface area contributed by atoms with Crippen molar-refractivity contribution in [3.05, 3.63) is 16.9 Å². The van der Waals surface area contributed by atoms with Crippen LogP contribution in [0.1, 0.15) is 30.3 Å². The number of nitrogens with zero attached hydrogens (tertiary/aromatic N) is 3.